The first-order chi connectivity index (χ1) is 15.0. The highest BCUT2D eigenvalue weighted by atomic mass is 16.5. The third-order valence-electron chi connectivity index (χ3n) is 5.30. The zero-order valence-corrected chi connectivity index (χ0v) is 17.9. The van der Waals surface area contributed by atoms with Gasteiger partial charge < -0.3 is 19.7 Å². The Bertz CT molecular complexity index is 935. The lowest BCUT2D eigenvalue weighted by atomic mass is 9.96. The smallest absolute Gasteiger partial charge is 0.309 e. The Labute approximate surface area is 182 Å². The highest BCUT2D eigenvalue weighted by Crippen LogP contribution is 2.24. The summed E-state index contributed by atoms with van der Waals surface area (Å²) < 4.78 is 10.7. The van der Waals surface area contributed by atoms with Crippen molar-refractivity contribution in [3.05, 3.63) is 59.7 Å². The van der Waals surface area contributed by atoms with E-state index < -0.39 is 11.9 Å². The van der Waals surface area contributed by atoms with Crippen molar-refractivity contribution in [3.63, 3.8) is 0 Å². The maximum atomic E-state index is 12.7. The standard InChI is InChI=1S/C24H28N2O5/c1-3-30-21-11-7-6-10-20(21)25-22(27)16-31-24(29)18-12-14-26(15-13-18)23(28)19-9-5-4-8-17(19)2/h4-11,18H,3,12-16H2,1-2H3,(H,25,27). The molecule has 2 aromatic rings. The molecule has 1 N–H and O–H groups in total. The molecule has 2 amide bonds. The summed E-state index contributed by atoms with van der Waals surface area (Å²) in [6.07, 6.45) is 1.04. The predicted molar refractivity (Wildman–Crippen MR) is 117 cm³/mol. The van der Waals surface area contributed by atoms with Gasteiger partial charge in [0, 0.05) is 18.7 Å². The molecule has 1 fully saturated rings. The van der Waals surface area contributed by atoms with Crippen molar-refractivity contribution >= 4 is 23.5 Å². The second-order valence-electron chi connectivity index (χ2n) is 7.47. The van der Waals surface area contributed by atoms with Crippen molar-refractivity contribution in [3.8, 4) is 5.75 Å². The van der Waals surface area contributed by atoms with Crippen molar-refractivity contribution in [2.45, 2.75) is 26.7 Å². The monoisotopic (exact) mass is 424 g/mol. The van der Waals surface area contributed by atoms with Gasteiger partial charge in [0.15, 0.2) is 6.61 Å². The minimum atomic E-state index is -0.423. The van der Waals surface area contributed by atoms with Crippen LogP contribution in [0, 0.1) is 12.8 Å². The van der Waals surface area contributed by atoms with Gasteiger partial charge in [-0.25, -0.2) is 0 Å². The van der Waals surface area contributed by atoms with Crippen LogP contribution in [0.3, 0.4) is 0 Å². The van der Waals surface area contributed by atoms with Crippen LogP contribution >= 0.6 is 0 Å². The number of hydrogen-bond donors (Lipinski definition) is 1. The number of amides is 2. The van der Waals surface area contributed by atoms with Gasteiger partial charge in [0.2, 0.25) is 0 Å². The molecule has 0 radical (unpaired) electrons. The maximum Gasteiger partial charge on any atom is 0.309 e. The summed E-state index contributed by atoms with van der Waals surface area (Å²) in [5.41, 5.74) is 2.16. The fraction of sp³-hybridized carbons (Fsp3) is 0.375. The number of nitrogens with zero attached hydrogens (tertiary/aromatic N) is 1. The third kappa shape index (κ3) is 5.84. The Morgan fingerprint density at radius 1 is 1.03 bits per heavy atom. The molecule has 0 aromatic heterocycles. The number of esters is 1. The maximum absolute atomic E-state index is 12.7. The van der Waals surface area contributed by atoms with Crippen molar-refractivity contribution in [2.24, 2.45) is 5.92 Å². The predicted octanol–water partition coefficient (Wildman–Crippen LogP) is 3.43. The first kappa shape index (κ1) is 22.3. The number of likely N-dealkylation sites (tertiary alicyclic amines) is 1. The lowest BCUT2D eigenvalue weighted by Gasteiger charge is -2.31. The molecule has 1 aliphatic heterocycles. The second-order valence-corrected chi connectivity index (χ2v) is 7.47. The summed E-state index contributed by atoms with van der Waals surface area (Å²) in [7, 11) is 0. The molecule has 0 atom stereocenters. The molecular weight excluding hydrogens is 396 g/mol. The van der Waals surface area contributed by atoms with Crippen LogP contribution in [0.4, 0.5) is 5.69 Å². The zero-order chi connectivity index (χ0) is 22.2. The Morgan fingerprint density at radius 3 is 2.42 bits per heavy atom. The number of nitrogens with one attached hydrogen (secondary N) is 1. The van der Waals surface area contributed by atoms with E-state index in [-0.39, 0.29) is 18.4 Å². The molecular formula is C24H28N2O5. The number of ether oxygens (including phenoxy) is 2. The molecule has 7 nitrogen and oxygen atoms in total. The van der Waals surface area contributed by atoms with E-state index in [4.69, 9.17) is 9.47 Å². The minimum Gasteiger partial charge on any atom is -0.492 e. The van der Waals surface area contributed by atoms with E-state index in [0.717, 1.165) is 5.56 Å². The summed E-state index contributed by atoms with van der Waals surface area (Å²) in [5, 5.41) is 2.71. The molecule has 0 saturated carbocycles. The quantitative estimate of drug-likeness (QED) is 0.689. The molecule has 0 aliphatic carbocycles. The second kappa shape index (κ2) is 10.6. The lowest BCUT2D eigenvalue weighted by Crippen LogP contribution is -2.41. The van der Waals surface area contributed by atoms with Crippen molar-refractivity contribution in [1.29, 1.82) is 0 Å². The molecule has 0 bridgehead atoms. The van der Waals surface area contributed by atoms with Crippen LogP contribution in [0.2, 0.25) is 0 Å². The van der Waals surface area contributed by atoms with Gasteiger partial charge >= 0.3 is 5.97 Å². The number of hydrogen-bond acceptors (Lipinski definition) is 5. The van der Waals surface area contributed by atoms with Gasteiger partial charge in [-0.2, -0.15) is 0 Å². The molecule has 7 heteroatoms. The average molecular weight is 424 g/mol. The number of anilines is 1. The molecule has 31 heavy (non-hydrogen) atoms. The molecule has 0 spiro atoms. The number of benzene rings is 2. The van der Waals surface area contributed by atoms with E-state index >= 15 is 0 Å². The Kier molecular flexibility index (Phi) is 7.65. The van der Waals surface area contributed by atoms with Gasteiger partial charge in [-0.3, -0.25) is 14.4 Å². The zero-order valence-electron chi connectivity index (χ0n) is 17.9. The minimum absolute atomic E-state index is 0.0164. The summed E-state index contributed by atoms with van der Waals surface area (Å²) in [6, 6.07) is 14.6. The van der Waals surface area contributed by atoms with Gasteiger partial charge in [0.25, 0.3) is 11.8 Å². The highest BCUT2D eigenvalue weighted by molar-refractivity contribution is 5.96. The van der Waals surface area contributed by atoms with Crippen molar-refractivity contribution < 1.29 is 23.9 Å². The van der Waals surface area contributed by atoms with E-state index in [2.05, 4.69) is 5.32 Å². The van der Waals surface area contributed by atoms with E-state index in [1.54, 1.807) is 23.1 Å². The summed E-state index contributed by atoms with van der Waals surface area (Å²) >= 11 is 0. The van der Waals surface area contributed by atoms with Gasteiger partial charge in [-0.15, -0.1) is 0 Å². The molecule has 2 aromatic carbocycles. The molecule has 164 valence electrons. The number of piperidine rings is 1. The van der Waals surface area contributed by atoms with E-state index in [0.29, 0.717) is 49.5 Å². The third-order valence-corrected chi connectivity index (χ3v) is 5.30. The highest BCUT2D eigenvalue weighted by Gasteiger charge is 2.29. The van der Waals surface area contributed by atoms with Gasteiger partial charge in [0.05, 0.1) is 18.2 Å². The first-order valence-electron chi connectivity index (χ1n) is 10.5. The fourth-order valence-electron chi connectivity index (χ4n) is 3.59. The van der Waals surface area contributed by atoms with Gasteiger partial charge in [0.1, 0.15) is 5.75 Å². The Morgan fingerprint density at radius 2 is 1.71 bits per heavy atom. The largest absolute Gasteiger partial charge is 0.492 e. The van der Waals surface area contributed by atoms with Crippen LogP contribution in [0.1, 0.15) is 35.7 Å². The average Bonchev–Trinajstić information content (AvgIpc) is 2.79. The number of aryl methyl sites for hydroxylation is 1. The Hall–Kier alpha value is -3.35. The number of para-hydroxylation sites is 2. The van der Waals surface area contributed by atoms with Crippen LogP contribution in [0.5, 0.6) is 5.75 Å². The summed E-state index contributed by atoms with van der Waals surface area (Å²) in [4.78, 5) is 39.1. The van der Waals surface area contributed by atoms with Crippen LogP contribution in [0.25, 0.3) is 0 Å². The van der Waals surface area contributed by atoms with Crippen molar-refractivity contribution in [1.82, 2.24) is 4.90 Å². The van der Waals surface area contributed by atoms with Crippen LogP contribution in [0.15, 0.2) is 48.5 Å². The van der Waals surface area contributed by atoms with Gasteiger partial charge in [-0.1, -0.05) is 30.3 Å². The van der Waals surface area contributed by atoms with Crippen LogP contribution in [-0.4, -0.2) is 49.0 Å². The van der Waals surface area contributed by atoms with E-state index in [9.17, 15) is 14.4 Å². The summed E-state index contributed by atoms with van der Waals surface area (Å²) in [5.74, 6) is -0.596. The topological polar surface area (TPSA) is 84.9 Å². The van der Waals surface area contributed by atoms with Crippen LogP contribution < -0.4 is 10.1 Å². The molecule has 3 rings (SSSR count). The van der Waals surface area contributed by atoms with Gasteiger partial charge in [-0.05, 0) is 50.5 Å². The molecule has 1 aliphatic rings. The van der Waals surface area contributed by atoms with Crippen molar-refractivity contribution in [2.75, 3.05) is 31.6 Å². The fourth-order valence-corrected chi connectivity index (χ4v) is 3.59. The lowest BCUT2D eigenvalue weighted by molar-refractivity contribution is -0.152. The molecule has 1 heterocycles. The number of carbonyl (C=O) groups excluding carboxylic acids is 3. The molecule has 0 unspecified atom stereocenters. The number of rotatable bonds is 7. The first-order valence-corrected chi connectivity index (χ1v) is 10.5. The van der Waals surface area contributed by atoms with Crippen LogP contribution in [-0.2, 0) is 14.3 Å². The normalized spacial score (nSPS) is 14.1. The summed E-state index contributed by atoms with van der Waals surface area (Å²) in [6.45, 7) is 4.87. The number of carbonyl (C=O) groups is 3. The van der Waals surface area contributed by atoms with E-state index in [1.807, 2.05) is 44.2 Å². The van der Waals surface area contributed by atoms with E-state index in [1.165, 1.54) is 0 Å². The molecule has 1 saturated heterocycles. The Balaban J connectivity index is 1.45. The SMILES string of the molecule is CCOc1ccccc1NC(=O)COC(=O)C1CCN(C(=O)c2ccccc2C)CC1.